The van der Waals surface area contributed by atoms with E-state index in [1.807, 2.05) is 18.7 Å². The summed E-state index contributed by atoms with van der Waals surface area (Å²) in [5.74, 6) is 0. The molecule has 0 spiro atoms. The molecule has 1 saturated carbocycles. The number of thioether (sulfide) groups is 1. The Morgan fingerprint density at radius 1 is 1.56 bits per heavy atom. The summed E-state index contributed by atoms with van der Waals surface area (Å²) in [5, 5.41) is 14.5. The number of nitro benzene ring substituents is 1. The fourth-order valence-electron chi connectivity index (χ4n) is 1.90. The molecule has 0 aliphatic heterocycles. The average Bonchev–Trinajstić information content (AvgIpc) is 3.08. The summed E-state index contributed by atoms with van der Waals surface area (Å²) in [6.07, 6.45) is 4.54. The Kier molecular flexibility index (Phi) is 3.73. The van der Waals surface area contributed by atoms with Crippen molar-refractivity contribution in [3.8, 4) is 0 Å². The van der Waals surface area contributed by atoms with Crippen LogP contribution in [0.5, 0.6) is 0 Å². The van der Waals surface area contributed by atoms with E-state index in [2.05, 4.69) is 11.6 Å². The van der Waals surface area contributed by atoms with Crippen LogP contribution in [0.25, 0.3) is 0 Å². The molecule has 0 heterocycles. The molecule has 0 amide bonds. The number of nitrogens with one attached hydrogen (secondary N) is 1. The lowest BCUT2D eigenvalue weighted by atomic mass is 10.1. The van der Waals surface area contributed by atoms with Gasteiger partial charge in [-0.2, -0.15) is 11.8 Å². The molecule has 98 valence electrons. The molecule has 6 heteroatoms. The van der Waals surface area contributed by atoms with Crippen molar-refractivity contribution in [3.63, 3.8) is 0 Å². The number of anilines is 1. The lowest BCUT2D eigenvalue weighted by molar-refractivity contribution is -0.384. The molecule has 0 radical (unpaired) electrons. The standard InChI is InChI=1S/C12H15ClN2O2S/c1-8-5-9(15(16)17)6-10(13)11(8)14-7-12(18-2)3-4-12/h5-6,14H,3-4,7H2,1-2H3. The van der Waals surface area contributed by atoms with Gasteiger partial charge in [-0.15, -0.1) is 0 Å². The fraction of sp³-hybridized carbons (Fsp3) is 0.500. The number of halogens is 1. The first-order chi connectivity index (χ1) is 8.47. The first kappa shape index (κ1) is 13.5. The summed E-state index contributed by atoms with van der Waals surface area (Å²) < 4.78 is 0.331. The van der Waals surface area contributed by atoms with Crippen LogP contribution < -0.4 is 5.32 Å². The Hall–Kier alpha value is -0.940. The minimum Gasteiger partial charge on any atom is -0.382 e. The molecule has 1 N–H and O–H groups in total. The van der Waals surface area contributed by atoms with Gasteiger partial charge in [-0.3, -0.25) is 10.1 Å². The van der Waals surface area contributed by atoms with E-state index in [1.165, 1.54) is 18.9 Å². The van der Waals surface area contributed by atoms with Crippen molar-refractivity contribution in [2.45, 2.75) is 24.5 Å². The summed E-state index contributed by atoms with van der Waals surface area (Å²) >= 11 is 7.96. The topological polar surface area (TPSA) is 55.2 Å². The van der Waals surface area contributed by atoms with Crippen LogP contribution in [0.3, 0.4) is 0 Å². The minimum absolute atomic E-state index is 0.0362. The van der Waals surface area contributed by atoms with E-state index in [-0.39, 0.29) is 5.69 Å². The summed E-state index contributed by atoms with van der Waals surface area (Å²) in [5.41, 5.74) is 1.66. The number of aryl methyl sites for hydroxylation is 1. The highest BCUT2D eigenvalue weighted by molar-refractivity contribution is 8.00. The number of hydrogen-bond donors (Lipinski definition) is 1. The molecule has 0 atom stereocenters. The van der Waals surface area contributed by atoms with E-state index in [9.17, 15) is 10.1 Å². The van der Waals surface area contributed by atoms with Crippen LogP contribution in [-0.4, -0.2) is 22.5 Å². The highest BCUT2D eigenvalue weighted by Crippen LogP contribution is 2.47. The molecule has 0 saturated heterocycles. The normalized spacial score (nSPS) is 16.4. The smallest absolute Gasteiger partial charge is 0.271 e. The van der Waals surface area contributed by atoms with Crippen molar-refractivity contribution >= 4 is 34.7 Å². The molecule has 1 aromatic rings. The minimum atomic E-state index is -0.424. The zero-order valence-corrected chi connectivity index (χ0v) is 11.9. The molecular weight excluding hydrogens is 272 g/mol. The SMILES string of the molecule is CSC1(CNc2c(C)cc([N+](=O)[O-])cc2Cl)CC1. The molecule has 4 nitrogen and oxygen atoms in total. The quantitative estimate of drug-likeness (QED) is 0.659. The van der Waals surface area contributed by atoms with Crippen molar-refractivity contribution in [1.29, 1.82) is 0 Å². The zero-order valence-electron chi connectivity index (χ0n) is 10.3. The van der Waals surface area contributed by atoms with Crippen molar-refractivity contribution < 1.29 is 4.92 Å². The second kappa shape index (κ2) is 4.97. The maximum Gasteiger partial charge on any atom is 0.271 e. The second-order valence-electron chi connectivity index (χ2n) is 4.62. The molecule has 18 heavy (non-hydrogen) atoms. The Labute approximate surface area is 115 Å². The molecule has 1 fully saturated rings. The molecule has 0 unspecified atom stereocenters. The van der Waals surface area contributed by atoms with Crippen LogP contribution in [0.15, 0.2) is 12.1 Å². The third-order valence-electron chi connectivity index (χ3n) is 3.31. The fourth-order valence-corrected chi connectivity index (χ4v) is 2.95. The molecule has 1 aliphatic rings. The van der Waals surface area contributed by atoms with Crippen molar-refractivity contribution in [1.82, 2.24) is 0 Å². The number of nitro groups is 1. The second-order valence-corrected chi connectivity index (χ2v) is 6.30. The zero-order chi connectivity index (χ0) is 13.3. The summed E-state index contributed by atoms with van der Waals surface area (Å²) in [4.78, 5) is 10.3. The van der Waals surface area contributed by atoms with Gasteiger partial charge in [0.15, 0.2) is 0 Å². The van der Waals surface area contributed by atoms with E-state index in [0.29, 0.717) is 9.77 Å². The van der Waals surface area contributed by atoms with E-state index < -0.39 is 4.92 Å². The van der Waals surface area contributed by atoms with Gasteiger partial charge in [-0.05, 0) is 31.6 Å². The van der Waals surface area contributed by atoms with Gasteiger partial charge in [0, 0.05) is 23.4 Å². The number of hydrogen-bond acceptors (Lipinski definition) is 4. The van der Waals surface area contributed by atoms with Crippen LogP contribution in [0.1, 0.15) is 18.4 Å². The van der Waals surface area contributed by atoms with Gasteiger partial charge < -0.3 is 5.32 Å². The van der Waals surface area contributed by atoms with Crippen LogP contribution in [0, 0.1) is 17.0 Å². The summed E-state index contributed by atoms with van der Waals surface area (Å²) in [6, 6.07) is 2.95. The Morgan fingerprint density at radius 2 is 2.22 bits per heavy atom. The molecular formula is C12H15ClN2O2S. The van der Waals surface area contributed by atoms with Gasteiger partial charge in [-0.1, -0.05) is 11.6 Å². The third-order valence-corrected chi connectivity index (χ3v) is 5.03. The van der Waals surface area contributed by atoms with Gasteiger partial charge in [0.25, 0.3) is 5.69 Å². The van der Waals surface area contributed by atoms with E-state index in [0.717, 1.165) is 17.8 Å². The van der Waals surface area contributed by atoms with Crippen molar-refractivity contribution in [3.05, 3.63) is 32.8 Å². The average molecular weight is 287 g/mol. The van der Waals surface area contributed by atoms with Gasteiger partial charge in [0.1, 0.15) is 0 Å². The van der Waals surface area contributed by atoms with Crippen molar-refractivity contribution in [2.24, 2.45) is 0 Å². The Balaban J connectivity index is 2.15. The van der Waals surface area contributed by atoms with Crippen molar-refractivity contribution in [2.75, 3.05) is 18.1 Å². The lowest BCUT2D eigenvalue weighted by Crippen LogP contribution is -2.18. The number of rotatable bonds is 5. The summed E-state index contributed by atoms with van der Waals surface area (Å²) in [6.45, 7) is 2.69. The molecule has 1 aliphatic carbocycles. The molecule has 0 aromatic heterocycles. The van der Waals surface area contributed by atoms with Gasteiger partial charge in [0.05, 0.1) is 15.6 Å². The number of non-ortho nitro benzene ring substituents is 1. The highest BCUT2D eigenvalue weighted by Gasteiger charge is 2.41. The van der Waals surface area contributed by atoms with E-state index >= 15 is 0 Å². The van der Waals surface area contributed by atoms with Gasteiger partial charge in [0.2, 0.25) is 0 Å². The van der Waals surface area contributed by atoms with Crippen LogP contribution >= 0.6 is 23.4 Å². The van der Waals surface area contributed by atoms with Crippen LogP contribution in [-0.2, 0) is 0 Å². The van der Waals surface area contributed by atoms with E-state index in [4.69, 9.17) is 11.6 Å². The third kappa shape index (κ3) is 2.72. The largest absolute Gasteiger partial charge is 0.382 e. The molecule has 2 rings (SSSR count). The number of benzene rings is 1. The first-order valence-electron chi connectivity index (χ1n) is 5.71. The van der Waals surface area contributed by atoms with Crippen LogP contribution in [0.2, 0.25) is 5.02 Å². The maximum absolute atomic E-state index is 10.7. The highest BCUT2D eigenvalue weighted by atomic mass is 35.5. The van der Waals surface area contributed by atoms with E-state index in [1.54, 1.807) is 6.07 Å². The first-order valence-corrected chi connectivity index (χ1v) is 7.31. The Bertz CT molecular complexity index is 466. The summed E-state index contributed by atoms with van der Waals surface area (Å²) in [7, 11) is 0. The molecule has 1 aromatic carbocycles. The number of nitrogens with zero attached hydrogens (tertiary/aromatic N) is 1. The predicted molar refractivity (Wildman–Crippen MR) is 76.8 cm³/mol. The van der Waals surface area contributed by atoms with Gasteiger partial charge in [-0.25, -0.2) is 0 Å². The van der Waals surface area contributed by atoms with Crippen LogP contribution in [0.4, 0.5) is 11.4 Å². The Morgan fingerprint density at radius 3 is 2.67 bits per heavy atom. The maximum atomic E-state index is 10.7. The molecule has 0 bridgehead atoms. The predicted octanol–water partition coefficient (Wildman–Crippen LogP) is 3.86. The monoisotopic (exact) mass is 286 g/mol. The van der Waals surface area contributed by atoms with Gasteiger partial charge >= 0.3 is 0 Å². The lowest BCUT2D eigenvalue weighted by Gasteiger charge is -2.16.